The van der Waals surface area contributed by atoms with Gasteiger partial charge in [-0.3, -0.25) is 10.0 Å². The smallest absolute Gasteiger partial charge is 0.252 e. The fourth-order valence-corrected chi connectivity index (χ4v) is 1.80. The van der Waals surface area contributed by atoms with Crippen LogP contribution < -0.4 is 0 Å². The van der Waals surface area contributed by atoms with E-state index in [0.717, 1.165) is 24.3 Å². The third-order valence-corrected chi connectivity index (χ3v) is 2.69. The van der Waals surface area contributed by atoms with Crippen molar-refractivity contribution >= 4 is 5.91 Å². The van der Waals surface area contributed by atoms with Gasteiger partial charge in [0.15, 0.2) is 0 Å². The van der Waals surface area contributed by atoms with Crippen molar-refractivity contribution in [3.05, 3.63) is 12.7 Å². The Hall–Kier alpha value is -0.830. The molecule has 1 amide bonds. The molecule has 0 spiro atoms. The van der Waals surface area contributed by atoms with Gasteiger partial charge in [0.2, 0.25) is 0 Å². The van der Waals surface area contributed by atoms with E-state index in [4.69, 9.17) is 0 Å². The van der Waals surface area contributed by atoms with Crippen LogP contribution in [0.5, 0.6) is 0 Å². The Bertz CT molecular complexity index is 215. The molecule has 3 nitrogen and oxygen atoms in total. The van der Waals surface area contributed by atoms with Gasteiger partial charge >= 0.3 is 0 Å². The van der Waals surface area contributed by atoms with E-state index in [-0.39, 0.29) is 5.91 Å². The average molecular weight is 183 g/mol. The maximum Gasteiger partial charge on any atom is 0.252 e. The van der Waals surface area contributed by atoms with Crippen LogP contribution in [-0.4, -0.2) is 22.7 Å². The van der Waals surface area contributed by atoms with E-state index in [0.29, 0.717) is 13.0 Å². The van der Waals surface area contributed by atoms with Gasteiger partial charge in [0.1, 0.15) is 0 Å². The number of nitrogens with zero attached hydrogens (tertiary/aromatic N) is 1. The molecule has 3 heteroatoms. The van der Waals surface area contributed by atoms with Crippen LogP contribution in [0.2, 0.25) is 0 Å². The number of hydroxylamine groups is 2. The Balaban J connectivity index is 2.79. The zero-order valence-electron chi connectivity index (χ0n) is 8.12. The second kappa shape index (κ2) is 3.92. The van der Waals surface area contributed by atoms with Crippen molar-refractivity contribution in [2.75, 3.05) is 6.54 Å². The van der Waals surface area contributed by atoms with E-state index in [9.17, 15) is 10.0 Å². The van der Waals surface area contributed by atoms with Gasteiger partial charge < -0.3 is 0 Å². The molecule has 1 aliphatic rings. The first kappa shape index (κ1) is 10.3. The van der Waals surface area contributed by atoms with E-state index < -0.39 is 5.41 Å². The molecule has 0 aromatic rings. The highest BCUT2D eigenvalue weighted by Gasteiger charge is 2.36. The SMILES string of the molecule is C=CCC1(C)CCCCN(O)C1=O. The lowest BCUT2D eigenvalue weighted by molar-refractivity contribution is -0.174. The van der Waals surface area contributed by atoms with Crippen LogP contribution >= 0.6 is 0 Å². The minimum atomic E-state index is -0.438. The zero-order chi connectivity index (χ0) is 9.90. The van der Waals surface area contributed by atoms with Gasteiger partial charge in [0, 0.05) is 6.54 Å². The molecule has 1 rings (SSSR count). The van der Waals surface area contributed by atoms with Crippen LogP contribution in [-0.2, 0) is 4.79 Å². The molecule has 1 unspecified atom stereocenters. The van der Waals surface area contributed by atoms with Crippen molar-refractivity contribution in [2.24, 2.45) is 5.41 Å². The summed E-state index contributed by atoms with van der Waals surface area (Å²) in [5, 5.41) is 10.2. The van der Waals surface area contributed by atoms with Gasteiger partial charge in [-0.2, -0.15) is 0 Å². The maximum absolute atomic E-state index is 11.7. The first-order valence-corrected chi connectivity index (χ1v) is 4.72. The first-order valence-electron chi connectivity index (χ1n) is 4.72. The summed E-state index contributed by atoms with van der Waals surface area (Å²) in [5.41, 5.74) is -0.438. The van der Waals surface area contributed by atoms with Crippen molar-refractivity contribution < 1.29 is 10.0 Å². The lowest BCUT2D eigenvalue weighted by Gasteiger charge is -2.27. The first-order chi connectivity index (χ1) is 6.10. The molecule has 1 atom stereocenters. The third kappa shape index (κ3) is 2.10. The molecule has 0 saturated carbocycles. The Kier molecular flexibility index (Phi) is 3.09. The average Bonchev–Trinajstić information content (AvgIpc) is 2.20. The molecular weight excluding hydrogens is 166 g/mol. The maximum atomic E-state index is 11.7. The number of carbonyl (C=O) groups excluding carboxylic acids is 1. The highest BCUT2D eigenvalue weighted by Crippen LogP contribution is 2.33. The van der Waals surface area contributed by atoms with Crippen molar-refractivity contribution in [3.63, 3.8) is 0 Å². The van der Waals surface area contributed by atoms with E-state index >= 15 is 0 Å². The van der Waals surface area contributed by atoms with E-state index in [1.165, 1.54) is 0 Å². The molecule has 74 valence electrons. The van der Waals surface area contributed by atoms with Crippen LogP contribution in [0.4, 0.5) is 0 Å². The van der Waals surface area contributed by atoms with E-state index in [1.807, 2.05) is 6.92 Å². The zero-order valence-corrected chi connectivity index (χ0v) is 8.12. The van der Waals surface area contributed by atoms with Crippen molar-refractivity contribution in [1.82, 2.24) is 5.06 Å². The van der Waals surface area contributed by atoms with Crippen molar-refractivity contribution in [2.45, 2.75) is 32.6 Å². The lowest BCUT2D eigenvalue weighted by atomic mass is 9.81. The van der Waals surface area contributed by atoms with E-state index in [1.54, 1.807) is 6.08 Å². The summed E-state index contributed by atoms with van der Waals surface area (Å²) in [6.45, 7) is 6.00. The monoisotopic (exact) mass is 183 g/mol. The molecule has 1 saturated heterocycles. The van der Waals surface area contributed by atoms with Gasteiger partial charge in [0.05, 0.1) is 5.41 Å². The molecule has 0 bridgehead atoms. The van der Waals surface area contributed by atoms with Crippen LogP contribution in [0, 0.1) is 5.41 Å². The van der Waals surface area contributed by atoms with Gasteiger partial charge in [-0.1, -0.05) is 19.4 Å². The fourth-order valence-electron chi connectivity index (χ4n) is 1.80. The van der Waals surface area contributed by atoms with E-state index in [2.05, 4.69) is 6.58 Å². The van der Waals surface area contributed by atoms with Gasteiger partial charge in [-0.15, -0.1) is 6.58 Å². The quantitative estimate of drug-likeness (QED) is 0.525. The standard InChI is InChI=1S/C10H17NO2/c1-3-6-10(2)7-4-5-8-11(13)9(10)12/h3,13H,1,4-8H2,2H3. The molecule has 1 heterocycles. The van der Waals surface area contributed by atoms with Crippen LogP contribution in [0.15, 0.2) is 12.7 Å². The van der Waals surface area contributed by atoms with Crippen LogP contribution in [0.3, 0.4) is 0 Å². The highest BCUT2D eigenvalue weighted by atomic mass is 16.5. The molecule has 13 heavy (non-hydrogen) atoms. The van der Waals surface area contributed by atoms with Gasteiger partial charge in [-0.05, 0) is 19.3 Å². The lowest BCUT2D eigenvalue weighted by Crippen LogP contribution is -2.38. The minimum Gasteiger partial charge on any atom is -0.286 e. The summed E-state index contributed by atoms with van der Waals surface area (Å²) in [4.78, 5) is 11.7. The summed E-state index contributed by atoms with van der Waals surface area (Å²) < 4.78 is 0. The second-order valence-electron chi connectivity index (χ2n) is 3.94. The largest absolute Gasteiger partial charge is 0.286 e. The Morgan fingerprint density at radius 2 is 2.38 bits per heavy atom. The molecule has 1 aliphatic heterocycles. The predicted octanol–water partition coefficient (Wildman–Crippen LogP) is 1.97. The molecule has 0 aromatic heterocycles. The molecule has 1 fully saturated rings. The molecule has 0 radical (unpaired) electrons. The number of hydrogen-bond donors (Lipinski definition) is 1. The number of carbonyl (C=O) groups is 1. The molecule has 0 aliphatic carbocycles. The number of rotatable bonds is 2. The van der Waals surface area contributed by atoms with Gasteiger partial charge in [0.25, 0.3) is 5.91 Å². The van der Waals surface area contributed by atoms with Gasteiger partial charge in [-0.25, -0.2) is 5.06 Å². The number of allylic oxidation sites excluding steroid dienone is 1. The third-order valence-electron chi connectivity index (χ3n) is 2.69. The molecule has 1 N–H and O–H groups in total. The summed E-state index contributed by atoms with van der Waals surface area (Å²) in [5.74, 6) is -0.162. The normalized spacial score (nSPS) is 30.0. The molecule has 0 aromatic carbocycles. The van der Waals surface area contributed by atoms with Crippen molar-refractivity contribution in [1.29, 1.82) is 0 Å². The minimum absolute atomic E-state index is 0.162. The predicted molar refractivity (Wildman–Crippen MR) is 50.3 cm³/mol. The molecular formula is C10H17NO2. The topological polar surface area (TPSA) is 40.5 Å². The second-order valence-corrected chi connectivity index (χ2v) is 3.94. The van der Waals surface area contributed by atoms with Crippen LogP contribution in [0.25, 0.3) is 0 Å². The number of amides is 1. The summed E-state index contributed by atoms with van der Waals surface area (Å²) in [6.07, 6.45) is 5.11. The summed E-state index contributed by atoms with van der Waals surface area (Å²) >= 11 is 0. The summed E-state index contributed by atoms with van der Waals surface area (Å²) in [7, 11) is 0. The van der Waals surface area contributed by atoms with Crippen LogP contribution in [0.1, 0.15) is 32.6 Å². The summed E-state index contributed by atoms with van der Waals surface area (Å²) in [6, 6.07) is 0. The Labute approximate surface area is 79.0 Å². The highest BCUT2D eigenvalue weighted by molar-refractivity contribution is 5.81. The Morgan fingerprint density at radius 1 is 1.69 bits per heavy atom. The number of hydrogen-bond acceptors (Lipinski definition) is 2. The fraction of sp³-hybridized carbons (Fsp3) is 0.700. The van der Waals surface area contributed by atoms with Crippen molar-refractivity contribution in [3.8, 4) is 0 Å². The Morgan fingerprint density at radius 3 is 3.00 bits per heavy atom.